The van der Waals surface area contributed by atoms with Crippen LogP contribution in [0.4, 0.5) is 4.39 Å². The van der Waals surface area contributed by atoms with Crippen molar-refractivity contribution in [2.75, 3.05) is 6.54 Å². The van der Waals surface area contributed by atoms with Crippen LogP contribution in [0.15, 0.2) is 53.1 Å². The van der Waals surface area contributed by atoms with Crippen molar-refractivity contribution < 1.29 is 22.1 Å². The number of halogens is 1. The van der Waals surface area contributed by atoms with Crippen LogP contribution < -0.4 is 4.74 Å². The van der Waals surface area contributed by atoms with Gasteiger partial charge in [0.25, 0.3) is 5.89 Å². The van der Waals surface area contributed by atoms with E-state index in [4.69, 9.17) is 9.26 Å². The second-order valence-corrected chi connectivity index (χ2v) is 9.19. The zero-order valence-electron chi connectivity index (χ0n) is 16.5. The van der Waals surface area contributed by atoms with Crippen LogP contribution in [0.1, 0.15) is 41.7 Å². The summed E-state index contributed by atoms with van der Waals surface area (Å²) in [4.78, 5) is 4.33. The van der Waals surface area contributed by atoms with Crippen LogP contribution in [0, 0.1) is 12.7 Å². The van der Waals surface area contributed by atoms with Gasteiger partial charge in [-0.15, -0.1) is 0 Å². The number of sulfonamides is 1. The van der Waals surface area contributed by atoms with E-state index in [0.717, 1.165) is 5.56 Å². The third-order valence-corrected chi connectivity index (χ3v) is 6.85. The summed E-state index contributed by atoms with van der Waals surface area (Å²) in [5.74, 6) is 0.301. The van der Waals surface area contributed by atoms with Crippen LogP contribution in [0.3, 0.4) is 0 Å². The minimum absolute atomic E-state index is 0.0881. The number of ether oxygens (including phenoxy) is 1. The first-order valence-corrected chi connectivity index (χ1v) is 11.3. The fourth-order valence-electron chi connectivity index (χ4n) is 3.47. The molecule has 7 nitrogen and oxygen atoms in total. The Morgan fingerprint density at radius 1 is 1.20 bits per heavy atom. The first kappa shape index (κ1) is 20.5. The number of hydrogen-bond acceptors (Lipinski definition) is 6. The fraction of sp³-hybridized carbons (Fsp3) is 0.333. The molecular formula is C21H22FN3O4S. The van der Waals surface area contributed by atoms with Gasteiger partial charge in [-0.3, -0.25) is 0 Å². The predicted molar refractivity (Wildman–Crippen MR) is 108 cm³/mol. The standard InChI is InChI=1S/C21H22FN3O4S/c1-15-8-10-17(11-9-15)28-13-20-23-21(24-29-20)19-7-4-12-25(19)30(26,27)14-16-5-2-3-6-18(16)22/h2-3,5-6,8-11,19H,4,7,12-14H2,1H3. The topological polar surface area (TPSA) is 85.5 Å². The maximum atomic E-state index is 13.9. The molecule has 2 heterocycles. The van der Waals surface area contributed by atoms with Crippen LogP contribution in [0.25, 0.3) is 0 Å². The second kappa shape index (κ2) is 8.53. The molecule has 0 radical (unpaired) electrons. The van der Waals surface area contributed by atoms with Crippen molar-refractivity contribution in [2.24, 2.45) is 0 Å². The van der Waals surface area contributed by atoms with Gasteiger partial charge < -0.3 is 9.26 Å². The number of hydrogen-bond donors (Lipinski definition) is 0. The van der Waals surface area contributed by atoms with Crippen LogP contribution in [0.5, 0.6) is 5.75 Å². The molecule has 1 aliphatic heterocycles. The van der Waals surface area contributed by atoms with Gasteiger partial charge in [-0.05, 0) is 38.0 Å². The van der Waals surface area contributed by atoms with Crippen LogP contribution in [0.2, 0.25) is 0 Å². The Labute approximate surface area is 174 Å². The Morgan fingerprint density at radius 3 is 2.73 bits per heavy atom. The van der Waals surface area contributed by atoms with Crippen molar-refractivity contribution >= 4 is 10.0 Å². The minimum Gasteiger partial charge on any atom is -0.484 e. The van der Waals surface area contributed by atoms with E-state index in [1.54, 1.807) is 6.07 Å². The summed E-state index contributed by atoms with van der Waals surface area (Å²) in [5.41, 5.74) is 1.27. The lowest BCUT2D eigenvalue weighted by molar-refractivity contribution is 0.241. The number of rotatable bonds is 7. The van der Waals surface area contributed by atoms with E-state index in [1.807, 2.05) is 31.2 Å². The molecule has 0 aliphatic carbocycles. The van der Waals surface area contributed by atoms with Gasteiger partial charge in [0, 0.05) is 12.1 Å². The van der Waals surface area contributed by atoms with E-state index in [9.17, 15) is 12.8 Å². The molecule has 0 saturated carbocycles. The average Bonchev–Trinajstić information content (AvgIpc) is 3.39. The van der Waals surface area contributed by atoms with E-state index in [0.29, 0.717) is 31.0 Å². The second-order valence-electron chi connectivity index (χ2n) is 7.26. The molecule has 1 aliphatic rings. The highest BCUT2D eigenvalue weighted by Crippen LogP contribution is 2.34. The number of nitrogens with zero attached hydrogens (tertiary/aromatic N) is 3. The smallest absolute Gasteiger partial charge is 0.264 e. The molecule has 1 fully saturated rings. The van der Waals surface area contributed by atoms with Gasteiger partial charge in [-0.2, -0.15) is 9.29 Å². The van der Waals surface area contributed by atoms with Crippen LogP contribution in [-0.2, 0) is 22.4 Å². The van der Waals surface area contributed by atoms with E-state index in [2.05, 4.69) is 10.1 Å². The van der Waals surface area contributed by atoms with E-state index >= 15 is 0 Å². The molecule has 9 heteroatoms. The monoisotopic (exact) mass is 431 g/mol. The van der Waals surface area contributed by atoms with E-state index in [1.165, 1.54) is 22.5 Å². The lowest BCUT2D eigenvalue weighted by Gasteiger charge is -2.21. The van der Waals surface area contributed by atoms with Crippen molar-refractivity contribution in [3.63, 3.8) is 0 Å². The summed E-state index contributed by atoms with van der Waals surface area (Å²) in [5, 5.41) is 3.97. The average molecular weight is 431 g/mol. The molecule has 1 atom stereocenters. The Morgan fingerprint density at radius 2 is 1.97 bits per heavy atom. The van der Waals surface area contributed by atoms with Crippen molar-refractivity contribution in [2.45, 2.75) is 38.2 Å². The summed E-state index contributed by atoms with van der Waals surface area (Å²) in [6, 6.07) is 12.9. The van der Waals surface area contributed by atoms with Gasteiger partial charge in [-0.1, -0.05) is 41.1 Å². The molecule has 0 amide bonds. The van der Waals surface area contributed by atoms with Gasteiger partial charge in [-0.25, -0.2) is 12.8 Å². The molecule has 1 saturated heterocycles. The summed E-state index contributed by atoms with van der Waals surface area (Å²) in [6.07, 6.45) is 1.25. The van der Waals surface area contributed by atoms with E-state index in [-0.39, 0.29) is 18.1 Å². The number of benzene rings is 2. The SMILES string of the molecule is Cc1ccc(OCc2nc(C3CCCN3S(=O)(=O)Cc3ccccc3F)no2)cc1. The molecule has 1 unspecified atom stereocenters. The summed E-state index contributed by atoms with van der Waals surface area (Å²) < 4.78 is 52.0. The molecular weight excluding hydrogens is 409 g/mol. The van der Waals surface area contributed by atoms with Gasteiger partial charge >= 0.3 is 0 Å². The third-order valence-electron chi connectivity index (χ3n) is 5.02. The Kier molecular flexibility index (Phi) is 5.83. The van der Waals surface area contributed by atoms with Crippen molar-refractivity contribution in [3.05, 3.63) is 77.2 Å². The predicted octanol–water partition coefficient (Wildman–Crippen LogP) is 3.76. The summed E-state index contributed by atoms with van der Waals surface area (Å²) in [7, 11) is -3.74. The van der Waals surface area contributed by atoms with Crippen molar-refractivity contribution in [1.29, 1.82) is 0 Å². The highest BCUT2D eigenvalue weighted by Gasteiger charge is 2.38. The highest BCUT2D eigenvalue weighted by atomic mass is 32.2. The number of aryl methyl sites for hydroxylation is 1. The zero-order valence-corrected chi connectivity index (χ0v) is 17.3. The normalized spacial score (nSPS) is 17.3. The Balaban J connectivity index is 1.45. The summed E-state index contributed by atoms with van der Waals surface area (Å²) >= 11 is 0. The van der Waals surface area contributed by atoms with Gasteiger partial charge in [0.05, 0.1) is 11.8 Å². The third kappa shape index (κ3) is 4.52. The van der Waals surface area contributed by atoms with E-state index < -0.39 is 27.6 Å². The van der Waals surface area contributed by atoms with Gasteiger partial charge in [0.1, 0.15) is 11.6 Å². The molecule has 158 valence electrons. The first-order chi connectivity index (χ1) is 14.4. The van der Waals surface area contributed by atoms with Crippen LogP contribution >= 0.6 is 0 Å². The molecule has 2 aromatic carbocycles. The Bertz CT molecular complexity index is 1120. The molecule has 30 heavy (non-hydrogen) atoms. The quantitative estimate of drug-likeness (QED) is 0.566. The maximum Gasteiger partial charge on any atom is 0.264 e. The molecule has 0 bridgehead atoms. The lowest BCUT2D eigenvalue weighted by atomic mass is 10.2. The minimum atomic E-state index is -3.74. The van der Waals surface area contributed by atoms with Gasteiger partial charge in [0.15, 0.2) is 12.4 Å². The Hall–Kier alpha value is -2.78. The molecule has 1 aromatic heterocycles. The van der Waals surface area contributed by atoms with Gasteiger partial charge in [0.2, 0.25) is 10.0 Å². The molecule has 0 N–H and O–H groups in total. The van der Waals surface area contributed by atoms with Crippen molar-refractivity contribution in [3.8, 4) is 5.75 Å². The maximum absolute atomic E-state index is 13.9. The number of aromatic nitrogens is 2. The zero-order chi connectivity index (χ0) is 21.1. The lowest BCUT2D eigenvalue weighted by Crippen LogP contribution is -2.32. The fourth-order valence-corrected chi connectivity index (χ4v) is 5.26. The molecule has 3 aromatic rings. The first-order valence-electron chi connectivity index (χ1n) is 9.67. The molecule has 4 rings (SSSR count). The largest absolute Gasteiger partial charge is 0.484 e. The van der Waals surface area contributed by atoms with Crippen LogP contribution in [-0.4, -0.2) is 29.4 Å². The highest BCUT2D eigenvalue weighted by molar-refractivity contribution is 7.88. The summed E-state index contributed by atoms with van der Waals surface area (Å²) in [6.45, 7) is 2.41. The molecule has 0 spiro atoms. The van der Waals surface area contributed by atoms with Crippen molar-refractivity contribution in [1.82, 2.24) is 14.4 Å².